The van der Waals surface area contributed by atoms with E-state index in [-0.39, 0.29) is 25.0 Å². The molecule has 1 atom stereocenters. The Morgan fingerprint density at radius 1 is 1.53 bits per heavy atom. The average molecular weight is 279 g/mol. The molecule has 0 bridgehead atoms. The number of thiophene rings is 1. The van der Waals surface area contributed by atoms with Crippen LogP contribution >= 0.6 is 11.3 Å². The zero-order chi connectivity index (χ0) is 13.7. The molecular weight excluding hydrogens is 262 g/mol. The number of likely N-dealkylation sites (tertiary alicyclic amines) is 1. The monoisotopic (exact) mass is 279 g/mol. The Labute approximate surface area is 116 Å². The predicted molar refractivity (Wildman–Crippen MR) is 74.0 cm³/mol. The summed E-state index contributed by atoms with van der Waals surface area (Å²) in [6.45, 7) is 1.35. The van der Waals surface area contributed by atoms with Gasteiger partial charge in [-0.15, -0.1) is 11.3 Å². The van der Waals surface area contributed by atoms with Crippen LogP contribution in [0.2, 0.25) is 0 Å². The van der Waals surface area contributed by atoms with E-state index in [1.807, 2.05) is 0 Å². The molecule has 2 heterocycles. The lowest BCUT2D eigenvalue weighted by molar-refractivity contribution is 0.0621. The van der Waals surface area contributed by atoms with Gasteiger partial charge in [0.2, 0.25) is 0 Å². The van der Waals surface area contributed by atoms with Crippen molar-refractivity contribution in [2.75, 3.05) is 26.3 Å². The van der Waals surface area contributed by atoms with Gasteiger partial charge in [0.05, 0.1) is 10.4 Å². The minimum atomic E-state index is -0.175. The van der Waals surface area contributed by atoms with Gasteiger partial charge in [0.1, 0.15) is 6.61 Å². The van der Waals surface area contributed by atoms with Gasteiger partial charge in [0.25, 0.3) is 5.91 Å². The number of aliphatic hydroxyl groups excluding tert-OH is 2. The predicted octanol–water partition coefficient (Wildman–Crippen LogP) is 0.936. The van der Waals surface area contributed by atoms with Crippen LogP contribution in [0.5, 0.6) is 0 Å². The molecule has 1 unspecified atom stereocenters. The molecule has 1 aliphatic heterocycles. The Morgan fingerprint density at radius 2 is 2.37 bits per heavy atom. The molecule has 102 valence electrons. The first-order valence-corrected chi connectivity index (χ1v) is 7.21. The minimum absolute atomic E-state index is 0.00597. The quantitative estimate of drug-likeness (QED) is 0.792. The largest absolute Gasteiger partial charge is 0.396 e. The summed E-state index contributed by atoms with van der Waals surface area (Å²) < 4.78 is 0. The molecule has 19 heavy (non-hydrogen) atoms. The fraction of sp³-hybridized carbons (Fsp3) is 0.500. The van der Waals surface area contributed by atoms with Crippen LogP contribution in [0.4, 0.5) is 0 Å². The second kappa shape index (κ2) is 6.71. The van der Waals surface area contributed by atoms with Crippen molar-refractivity contribution in [3.05, 3.63) is 21.9 Å². The smallest absolute Gasteiger partial charge is 0.254 e. The number of nitrogens with zero attached hydrogens (tertiary/aromatic N) is 1. The summed E-state index contributed by atoms with van der Waals surface area (Å²) in [4.78, 5) is 14.9. The molecule has 1 saturated heterocycles. The van der Waals surface area contributed by atoms with E-state index in [0.29, 0.717) is 12.1 Å². The van der Waals surface area contributed by atoms with Gasteiger partial charge in [-0.05, 0) is 24.8 Å². The number of hydrogen-bond donors (Lipinski definition) is 2. The topological polar surface area (TPSA) is 60.8 Å². The summed E-state index contributed by atoms with van der Waals surface area (Å²) in [7, 11) is 0. The maximum Gasteiger partial charge on any atom is 0.254 e. The highest BCUT2D eigenvalue weighted by atomic mass is 32.1. The number of amides is 1. The Kier molecular flexibility index (Phi) is 4.97. The third-order valence-corrected chi connectivity index (χ3v) is 4.05. The number of carbonyl (C=O) groups excluding carboxylic acids is 1. The van der Waals surface area contributed by atoms with E-state index in [0.717, 1.165) is 24.3 Å². The Balaban J connectivity index is 2.04. The lowest BCUT2D eigenvalue weighted by atomic mass is 9.98. The maximum absolute atomic E-state index is 12.3. The Bertz CT molecular complexity index is 500. The average Bonchev–Trinajstić information content (AvgIpc) is 2.93. The standard InChI is InChI=1S/C14H17NO3S/c16-6-2-4-13-7-12(10-19-13)14(18)15-5-1-3-11(8-15)9-17/h7,10-11,16-17H,1,3,5-6,8-9H2. The van der Waals surface area contributed by atoms with Gasteiger partial charge < -0.3 is 15.1 Å². The van der Waals surface area contributed by atoms with Crippen LogP contribution in [0.15, 0.2) is 11.4 Å². The van der Waals surface area contributed by atoms with Crippen molar-refractivity contribution in [2.24, 2.45) is 5.92 Å². The molecule has 1 fully saturated rings. The van der Waals surface area contributed by atoms with Crippen molar-refractivity contribution in [1.29, 1.82) is 0 Å². The molecule has 0 saturated carbocycles. The van der Waals surface area contributed by atoms with Gasteiger partial charge in [0, 0.05) is 25.1 Å². The molecule has 0 aromatic carbocycles. The number of hydrogen-bond acceptors (Lipinski definition) is 4. The summed E-state index contributed by atoms with van der Waals surface area (Å²) in [6, 6.07) is 1.76. The summed E-state index contributed by atoms with van der Waals surface area (Å²) in [6.07, 6.45) is 1.93. The molecule has 0 spiro atoms. The van der Waals surface area contributed by atoms with E-state index in [9.17, 15) is 9.90 Å². The molecule has 1 aromatic heterocycles. The van der Waals surface area contributed by atoms with E-state index in [1.165, 1.54) is 11.3 Å². The summed E-state index contributed by atoms with van der Waals surface area (Å²) in [5.41, 5.74) is 0.644. The molecule has 4 nitrogen and oxygen atoms in total. The normalized spacial score (nSPS) is 18.8. The Hall–Kier alpha value is -1.35. The first-order valence-electron chi connectivity index (χ1n) is 6.33. The first-order chi connectivity index (χ1) is 9.24. The van der Waals surface area contributed by atoms with Gasteiger partial charge in [-0.1, -0.05) is 11.8 Å². The second-order valence-electron chi connectivity index (χ2n) is 4.60. The lowest BCUT2D eigenvalue weighted by Crippen LogP contribution is -2.40. The van der Waals surface area contributed by atoms with Gasteiger partial charge in [-0.3, -0.25) is 4.79 Å². The third-order valence-electron chi connectivity index (χ3n) is 3.20. The van der Waals surface area contributed by atoms with E-state index in [2.05, 4.69) is 11.8 Å². The van der Waals surface area contributed by atoms with E-state index >= 15 is 0 Å². The summed E-state index contributed by atoms with van der Waals surface area (Å²) in [5, 5.41) is 19.6. The summed E-state index contributed by atoms with van der Waals surface area (Å²) in [5.74, 6) is 5.58. The number of aliphatic hydroxyl groups is 2. The van der Waals surface area contributed by atoms with Crippen LogP contribution in [-0.2, 0) is 0 Å². The zero-order valence-corrected chi connectivity index (χ0v) is 11.4. The fourth-order valence-electron chi connectivity index (χ4n) is 2.22. The number of rotatable bonds is 2. The van der Waals surface area contributed by atoms with Crippen molar-refractivity contribution >= 4 is 17.2 Å². The molecular formula is C14H17NO3S. The number of piperidine rings is 1. The van der Waals surface area contributed by atoms with Crippen LogP contribution in [0.1, 0.15) is 28.1 Å². The highest BCUT2D eigenvalue weighted by Crippen LogP contribution is 2.20. The van der Waals surface area contributed by atoms with Gasteiger partial charge >= 0.3 is 0 Å². The van der Waals surface area contributed by atoms with Gasteiger partial charge in [-0.25, -0.2) is 0 Å². The SMILES string of the molecule is O=C(c1csc(C#CCO)c1)N1CCCC(CO)C1. The molecule has 2 rings (SSSR count). The van der Waals surface area contributed by atoms with Crippen molar-refractivity contribution in [3.63, 3.8) is 0 Å². The van der Waals surface area contributed by atoms with Gasteiger partial charge in [0.15, 0.2) is 0 Å². The molecule has 0 radical (unpaired) electrons. The maximum atomic E-state index is 12.3. The first kappa shape index (κ1) is 14.1. The van der Waals surface area contributed by atoms with E-state index in [4.69, 9.17) is 5.11 Å². The van der Waals surface area contributed by atoms with E-state index < -0.39 is 0 Å². The van der Waals surface area contributed by atoms with Gasteiger partial charge in [-0.2, -0.15) is 0 Å². The minimum Gasteiger partial charge on any atom is -0.396 e. The molecule has 1 amide bonds. The molecule has 5 heteroatoms. The highest BCUT2D eigenvalue weighted by molar-refractivity contribution is 7.10. The van der Waals surface area contributed by atoms with Crippen molar-refractivity contribution in [3.8, 4) is 11.8 Å². The molecule has 1 aliphatic rings. The third kappa shape index (κ3) is 3.57. The van der Waals surface area contributed by atoms with Crippen LogP contribution in [0.3, 0.4) is 0 Å². The van der Waals surface area contributed by atoms with Crippen LogP contribution in [0, 0.1) is 17.8 Å². The van der Waals surface area contributed by atoms with Crippen molar-refractivity contribution in [1.82, 2.24) is 4.90 Å². The molecule has 2 N–H and O–H groups in total. The second-order valence-corrected chi connectivity index (χ2v) is 5.51. The number of carbonyl (C=O) groups is 1. The van der Waals surface area contributed by atoms with Crippen LogP contribution < -0.4 is 0 Å². The Morgan fingerprint density at radius 3 is 3.11 bits per heavy atom. The van der Waals surface area contributed by atoms with Crippen molar-refractivity contribution < 1.29 is 15.0 Å². The highest BCUT2D eigenvalue weighted by Gasteiger charge is 2.24. The molecule has 1 aromatic rings. The lowest BCUT2D eigenvalue weighted by Gasteiger charge is -2.31. The molecule has 0 aliphatic carbocycles. The van der Waals surface area contributed by atoms with Crippen LogP contribution in [-0.4, -0.2) is 47.3 Å². The van der Waals surface area contributed by atoms with Crippen LogP contribution in [0.25, 0.3) is 0 Å². The van der Waals surface area contributed by atoms with Crippen molar-refractivity contribution in [2.45, 2.75) is 12.8 Å². The fourth-order valence-corrected chi connectivity index (χ4v) is 2.97. The summed E-state index contributed by atoms with van der Waals surface area (Å²) >= 11 is 1.41. The zero-order valence-electron chi connectivity index (χ0n) is 10.6. The van der Waals surface area contributed by atoms with E-state index in [1.54, 1.807) is 16.3 Å².